The van der Waals surface area contributed by atoms with Gasteiger partial charge in [0.1, 0.15) is 5.82 Å². The lowest BCUT2D eigenvalue weighted by Crippen LogP contribution is -2.41. The van der Waals surface area contributed by atoms with E-state index in [1.807, 2.05) is 0 Å². The monoisotopic (exact) mass is 240 g/mol. The number of hydrogen-bond donors (Lipinski definition) is 3. The molecule has 1 rings (SSSR count). The van der Waals surface area contributed by atoms with Crippen molar-refractivity contribution in [3.8, 4) is 0 Å². The number of ether oxygens (including phenoxy) is 1. The highest BCUT2D eigenvalue weighted by atomic mass is 16.5. The van der Waals surface area contributed by atoms with Gasteiger partial charge in [0.25, 0.3) is 0 Å². The summed E-state index contributed by atoms with van der Waals surface area (Å²) in [6.07, 6.45) is 5.56. The Morgan fingerprint density at radius 2 is 2.53 bits per heavy atom. The summed E-state index contributed by atoms with van der Waals surface area (Å²) in [6, 6.07) is -0.457. The maximum absolute atomic E-state index is 11.6. The number of carbonyl (C=O) groups excluding carboxylic acids is 1. The number of nitrogens with zero attached hydrogens (tertiary/aromatic N) is 1. The average molecular weight is 240 g/mol. The Morgan fingerprint density at radius 1 is 1.71 bits per heavy atom. The molecule has 0 radical (unpaired) electrons. The Hall–Kier alpha value is -1.40. The van der Waals surface area contributed by atoms with Gasteiger partial charge < -0.3 is 20.8 Å². The van der Waals surface area contributed by atoms with Crippen LogP contribution in [0.3, 0.4) is 0 Å². The van der Waals surface area contributed by atoms with Gasteiger partial charge in [0.05, 0.1) is 6.04 Å². The Bertz CT molecular complexity index is 313. The first-order chi connectivity index (χ1) is 8.24. The largest absolute Gasteiger partial charge is 0.385 e. The van der Waals surface area contributed by atoms with E-state index in [2.05, 4.69) is 15.3 Å². The number of aromatic amines is 1. The van der Waals surface area contributed by atoms with E-state index in [9.17, 15) is 4.79 Å². The van der Waals surface area contributed by atoms with Crippen LogP contribution in [0, 0.1) is 0 Å². The maximum atomic E-state index is 11.6. The van der Waals surface area contributed by atoms with E-state index in [1.54, 1.807) is 19.5 Å². The summed E-state index contributed by atoms with van der Waals surface area (Å²) in [5.74, 6) is 0.742. The Kier molecular flexibility index (Phi) is 6.27. The van der Waals surface area contributed by atoms with Crippen molar-refractivity contribution in [3.05, 3.63) is 18.2 Å². The molecule has 0 saturated heterocycles. The third-order valence-electron chi connectivity index (χ3n) is 2.42. The fourth-order valence-corrected chi connectivity index (χ4v) is 1.45. The number of carbonyl (C=O) groups is 1. The molecule has 96 valence electrons. The van der Waals surface area contributed by atoms with Crippen LogP contribution in [0.1, 0.15) is 18.7 Å². The van der Waals surface area contributed by atoms with Crippen LogP contribution in [0.5, 0.6) is 0 Å². The quantitative estimate of drug-likeness (QED) is 0.550. The number of H-pyrrole nitrogens is 1. The molecule has 6 heteroatoms. The van der Waals surface area contributed by atoms with Gasteiger partial charge in [-0.25, -0.2) is 4.98 Å². The summed E-state index contributed by atoms with van der Waals surface area (Å²) in [5, 5.41) is 2.78. The van der Waals surface area contributed by atoms with Crippen LogP contribution in [-0.4, -0.2) is 42.2 Å². The van der Waals surface area contributed by atoms with Crippen molar-refractivity contribution in [2.45, 2.75) is 25.3 Å². The second kappa shape index (κ2) is 7.81. The highest BCUT2D eigenvalue weighted by molar-refractivity contribution is 5.81. The zero-order valence-electron chi connectivity index (χ0n) is 10.1. The minimum absolute atomic E-state index is 0.118. The van der Waals surface area contributed by atoms with Crippen LogP contribution in [0.2, 0.25) is 0 Å². The lowest BCUT2D eigenvalue weighted by atomic mass is 10.1. The minimum atomic E-state index is -0.457. The highest BCUT2D eigenvalue weighted by Gasteiger charge is 2.12. The molecule has 1 heterocycles. The molecule has 0 spiro atoms. The molecular weight excluding hydrogens is 220 g/mol. The van der Waals surface area contributed by atoms with Crippen LogP contribution in [0.25, 0.3) is 0 Å². The summed E-state index contributed by atoms with van der Waals surface area (Å²) in [6.45, 7) is 1.18. The molecule has 17 heavy (non-hydrogen) atoms. The fraction of sp³-hybridized carbons (Fsp3) is 0.636. The van der Waals surface area contributed by atoms with Crippen molar-refractivity contribution in [3.63, 3.8) is 0 Å². The summed E-state index contributed by atoms with van der Waals surface area (Å²) in [5.41, 5.74) is 5.73. The van der Waals surface area contributed by atoms with Gasteiger partial charge in [0.2, 0.25) is 5.91 Å². The third kappa shape index (κ3) is 5.46. The van der Waals surface area contributed by atoms with E-state index < -0.39 is 6.04 Å². The standard InChI is InChI=1S/C11H20N4O2/c1-17-8-2-3-9(12)11(16)15-5-4-10-13-6-7-14-10/h6-7,9H,2-5,8,12H2,1H3,(H,13,14)(H,15,16). The molecule has 1 aromatic rings. The molecule has 0 aliphatic heterocycles. The van der Waals surface area contributed by atoms with Gasteiger partial charge in [-0.3, -0.25) is 4.79 Å². The Labute approximate surface area is 101 Å². The normalized spacial score (nSPS) is 12.4. The summed E-state index contributed by atoms with van der Waals surface area (Å²) >= 11 is 0. The smallest absolute Gasteiger partial charge is 0.236 e. The van der Waals surface area contributed by atoms with E-state index in [4.69, 9.17) is 10.5 Å². The van der Waals surface area contributed by atoms with Crippen LogP contribution in [0.4, 0.5) is 0 Å². The van der Waals surface area contributed by atoms with Crippen molar-refractivity contribution < 1.29 is 9.53 Å². The molecule has 4 N–H and O–H groups in total. The van der Waals surface area contributed by atoms with Gasteiger partial charge in [0, 0.05) is 39.1 Å². The summed E-state index contributed by atoms with van der Waals surface area (Å²) in [7, 11) is 1.63. The minimum Gasteiger partial charge on any atom is -0.385 e. The second-order valence-corrected chi connectivity index (χ2v) is 3.82. The fourth-order valence-electron chi connectivity index (χ4n) is 1.45. The molecule has 0 saturated carbocycles. The molecule has 0 aromatic carbocycles. The van der Waals surface area contributed by atoms with Gasteiger partial charge in [-0.15, -0.1) is 0 Å². The lowest BCUT2D eigenvalue weighted by Gasteiger charge is -2.11. The van der Waals surface area contributed by atoms with Crippen molar-refractivity contribution in [2.24, 2.45) is 5.73 Å². The zero-order valence-corrected chi connectivity index (χ0v) is 10.1. The average Bonchev–Trinajstić information content (AvgIpc) is 2.82. The molecule has 1 atom stereocenters. The number of aromatic nitrogens is 2. The molecule has 1 unspecified atom stereocenters. The summed E-state index contributed by atoms with van der Waals surface area (Å²) in [4.78, 5) is 18.6. The topological polar surface area (TPSA) is 93.0 Å². The predicted molar refractivity (Wildman–Crippen MR) is 64.4 cm³/mol. The number of rotatable bonds is 8. The van der Waals surface area contributed by atoms with Crippen molar-refractivity contribution >= 4 is 5.91 Å². The van der Waals surface area contributed by atoms with Gasteiger partial charge in [-0.2, -0.15) is 0 Å². The van der Waals surface area contributed by atoms with Gasteiger partial charge in [0.15, 0.2) is 0 Å². The Balaban J connectivity index is 2.11. The molecule has 1 amide bonds. The highest BCUT2D eigenvalue weighted by Crippen LogP contribution is 1.95. The van der Waals surface area contributed by atoms with Crippen LogP contribution in [0.15, 0.2) is 12.4 Å². The van der Waals surface area contributed by atoms with Crippen LogP contribution < -0.4 is 11.1 Å². The first-order valence-electron chi connectivity index (χ1n) is 5.74. The zero-order chi connectivity index (χ0) is 12.5. The number of nitrogens with two attached hydrogens (primary N) is 1. The van der Waals surface area contributed by atoms with E-state index >= 15 is 0 Å². The van der Waals surface area contributed by atoms with Crippen molar-refractivity contribution in [1.82, 2.24) is 15.3 Å². The molecule has 1 aromatic heterocycles. The second-order valence-electron chi connectivity index (χ2n) is 3.82. The van der Waals surface area contributed by atoms with E-state index in [0.717, 1.165) is 12.2 Å². The van der Waals surface area contributed by atoms with Gasteiger partial charge in [-0.1, -0.05) is 0 Å². The van der Waals surface area contributed by atoms with Crippen LogP contribution >= 0.6 is 0 Å². The van der Waals surface area contributed by atoms with Gasteiger partial charge >= 0.3 is 0 Å². The molecule has 0 bridgehead atoms. The van der Waals surface area contributed by atoms with Gasteiger partial charge in [-0.05, 0) is 12.8 Å². The van der Waals surface area contributed by atoms with Crippen molar-refractivity contribution in [1.29, 1.82) is 0 Å². The molecule has 6 nitrogen and oxygen atoms in total. The number of imidazole rings is 1. The predicted octanol–water partition coefficient (Wildman–Crippen LogP) is -0.178. The maximum Gasteiger partial charge on any atom is 0.236 e. The number of nitrogens with one attached hydrogen (secondary N) is 2. The van der Waals surface area contributed by atoms with E-state index in [0.29, 0.717) is 26.0 Å². The molecule has 0 aliphatic rings. The lowest BCUT2D eigenvalue weighted by molar-refractivity contribution is -0.122. The third-order valence-corrected chi connectivity index (χ3v) is 2.42. The summed E-state index contributed by atoms with van der Waals surface area (Å²) < 4.78 is 4.90. The molecular formula is C11H20N4O2. The van der Waals surface area contributed by atoms with Crippen LogP contribution in [-0.2, 0) is 16.0 Å². The van der Waals surface area contributed by atoms with E-state index in [1.165, 1.54) is 0 Å². The van der Waals surface area contributed by atoms with Crippen molar-refractivity contribution in [2.75, 3.05) is 20.3 Å². The number of hydrogen-bond acceptors (Lipinski definition) is 4. The first kappa shape index (κ1) is 13.7. The van der Waals surface area contributed by atoms with E-state index in [-0.39, 0.29) is 5.91 Å². The number of methoxy groups -OCH3 is 1. The number of amides is 1. The molecule has 0 aliphatic carbocycles. The first-order valence-corrected chi connectivity index (χ1v) is 5.74. The SMILES string of the molecule is COCCCC(N)C(=O)NCCc1ncc[nH]1. The molecule has 0 fully saturated rings. The Morgan fingerprint density at radius 3 is 3.18 bits per heavy atom.